The van der Waals surface area contributed by atoms with Gasteiger partial charge in [-0.15, -0.1) is 0 Å². The Morgan fingerprint density at radius 1 is 1.30 bits per heavy atom. The molecule has 3 aromatic rings. The van der Waals surface area contributed by atoms with E-state index in [4.69, 9.17) is 14.0 Å². The molecule has 0 bridgehead atoms. The molecule has 1 unspecified atom stereocenters. The van der Waals surface area contributed by atoms with Gasteiger partial charge in [-0.2, -0.15) is 13.9 Å². The second-order valence-corrected chi connectivity index (χ2v) is 6.76. The molecule has 0 aliphatic carbocycles. The summed E-state index contributed by atoms with van der Waals surface area (Å²) in [6.07, 6.45) is 2.65. The van der Waals surface area contributed by atoms with Gasteiger partial charge in [0.25, 0.3) is 11.2 Å². The summed E-state index contributed by atoms with van der Waals surface area (Å²) in [5, 5.41) is 7.80. The van der Waals surface area contributed by atoms with Crippen molar-refractivity contribution in [3.8, 4) is 17.3 Å². The number of ether oxygens (including phenoxy) is 2. The van der Waals surface area contributed by atoms with Crippen molar-refractivity contribution in [1.82, 2.24) is 24.9 Å². The third-order valence-electron chi connectivity index (χ3n) is 3.53. The Kier molecular flexibility index (Phi) is 6.46. The van der Waals surface area contributed by atoms with E-state index in [-0.39, 0.29) is 30.6 Å². The van der Waals surface area contributed by atoms with Gasteiger partial charge in [0.15, 0.2) is 18.1 Å². The van der Waals surface area contributed by atoms with Crippen molar-refractivity contribution in [3.63, 3.8) is 0 Å². The van der Waals surface area contributed by atoms with Gasteiger partial charge in [-0.05, 0) is 13.0 Å². The number of carbonyl (C=O) groups excluding carboxylic acids is 1. The van der Waals surface area contributed by atoms with E-state index in [1.807, 2.05) is 0 Å². The molecule has 0 saturated heterocycles. The quantitative estimate of drug-likeness (QED) is 0.382. The Balaban J connectivity index is 1.75. The number of nitrogens with zero attached hydrogens (tertiary/aromatic N) is 5. The number of alkyl halides is 2. The molecule has 0 spiro atoms. The summed E-state index contributed by atoms with van der Waals surface area (Å²) in [7, 11) is 1.36. The molecule has 0 aliphatic heterocycles. The first-order chi connectivity index (χ1) is 14.2. The standard InChI is InChI=1S/C17H16F2N5O5P/c1-2-27-15(26)13-5-11(29-23-13)8-24-14(25)4-3-12(22-24)10-6-20-16(21-7-10)28-9-17(18,19)30/h3-7H,2,8-9,30H2,1H3. The zero-order valence-corrected chi connectivity index (χ0v) is 16.8. The van der Waals surface area contributed by atoms with Gasteiger partial charge in [0.2, 0.25) is 0 Å². The predicted octanol–water partition coefficient (Wildman–Crippen LogP) is 1.76. The molecular formula is C17H16F2N5O5P. The molecule has 0 radical (unpaired) electrons. The molecule has 3 heterocycles. The van der Waals surface area contributed by atoms with E-state index in [0.29, 0.717) is 11.3 Å². The lowest BCUT2D eigenvalue weighted by Gasteiger charge is -2.10. The molecule has 30 heavy (non-hydrogen) atoms. The molecule has 3 rings (SSSR count). The molecule has 0 N–H and O–H groups in total. The van der Waals surface area contributed by atoms with Crippen LogP contribution in [0.5, 0.6) is 6.01 Å². The molecule has 3 aromatic heterocycles. The molecular weight excluding hydrogens is 423 g/mol. The highest BCUT2D eigenvalue weighted by Crippen LogP contribution is 2.22. The number of esters is 1. The Morgan fingerprint density at radius 2 is 2.03 bits per heavy atom. The highest BCUT2D eigenvalue weighted by Gasteiger charge is 2.23. The molecule has 0 aliphatic rings. The fourth-order valence-corrected chi connectivity index (χ4v) is 2.32. The Bertz CT molecular complexity index is 1080. The van der Waals surface area contributed by atoms with Crippen LogP contribution in [0, 0.1) is 0 Å². The van der Waals surface area contributed by atoms with Crippen molar-refractivity contribution < 1.29 is 27.6 Å². The lowest BCUT2D eigenvalue weighted by molar-refractivity contribution is 0.0421. The lowest BCUT2D eigenvalue weighted by atomic mass is 10.2. The van der Waals surface area contributed by atoms with E-state index in [2.05, 4.69) is 20.2 Å². The van der Waals surface area contributed by atoms with Crippen LogP contribution in [0.1, 0.15) is 23.2 Å². The first kappa shape index (κ1) is 21.4. The summed E-state index contributed by atoms with van der Waals surface area (Å²) in [5.41, 5.74) is -2.75. The van der Waals surface area contributed by atoms with Gasteiger partial charge in [0.1, 0.15) is 6.54 Å². The zero-order valence-electron chi connectivity index (χ0n) is 15.6. The SMILES string of the molecule is CCOC(=O)c1cc(Cn2nc(-c3cnc(OCC(F)(F)P)nc3)ccc2=O)on1. The number of halogens is 2. The minimum absolute atomic E-state index is 0.0175. The smallest absolute Gasteiger partial charge is 0.360 e. The van der Waals surface area contributed by atoms with E-state index in [1.54, 1.807) is 6.92 Å². The van der Waals surface area contributed by atoms with E-state index in [0.717, 1.165) is 4.68 Å². The van der Waals surface area contributed by atoms with Gasteiger partial charge in [-0.25, -0.2) is 19.4 Å². The van der Waals surface area contributed by atoms with Gasteiger partial charge in [0.05, 0.1) is 12.3 Å². The lowest BCUT2D eigenvalue weighted by Crippen LogP contribution is -2.22. The van der Waals surface area contributed by atoms with Crippen molar-refractivity contribution in [3.05, 3.63) is 52.4 Å². The third-order valence-corrected chi connectivity index (χ3v) is 3.70. The first-order valence-electron chi connectivity index (χ1n) is 8.58. The minimum Gasteiger partial charge on any atom is -0.461 e. The summed E-state index contributed by atoms with van der Waals surface area (Å²) >= 11 is 0. The molecule has 0 fully saturated rings. The number of hydrogen-bond acceptors (Lipinski definition) is 9. The van der Waals surface area contributed by atoms with Crippen LogP contribution in [0.15, 0.2) is 39.9 Å². The summed E-state index contributed by atoms with van der Waals surface area (Å²) in [5.74, 6) is -0.413. The van der Waals surface area contributed by atoms with Crippen LogP contribution < -0.4 is 10.3 Å². The second-order valence-electron chi connectivity index (χ2n) is 5.92. The highest BCUT2D eigenvalue weighted by molar-refractivity contribution is 7.18. The minimum atomic E-state index is -3.09. The van der Waals surface area contributed by atoms with Crippen LogP contribution in [0.25, 0.3) is 11.3 Å². The molecule has 0 aromatic carbocycles. The molecule has 0 amide bonds. The normalized spacial score (nSPS) is 11.3. The van der Waals surface area contributed by atoms with Crippen LogP contribution >= 0.6 is 9.24 Å². The fraction of sp³-hybridized carbons (Fsp3) is 0.294. The van der Waals surface area contributed by atoms with E-state index < -0.39 is 23.8 Å². The Labute approximate surface area is 170 Å². The molecule has 158 valence electrons. The third kappa shape index (κ3) is 5.63. The van der Waals surface area contributed by atoms with E-state index in [1.165, 1.54) is 39.8 Å². The van der Waals surface area contributed by atoms with Crippen LogP contribution in [0.2, 0.25) is 0 Å². The van der Waals surface area contributed by atoms with Gasteiger partial charge in [-0.3, -0.25) is 4.79 Å². The number of aromatic nitrogens is 5. The van der Waals surface area contributed by atoms with Crippen molar-refractivity contribution in [2.45, 2.75) is 19.1 Å². The van der Waals surface area contributed by atoms with E-state index in [9.17, 15) is 18.4 Å². The average Bonchev–Trinajstić information content (AvgIpc) is 3.17. The van der Waals surface area contributed by atoms with Crippen molar-refractivity contribution in [2.75, 3.05) is 13.2 Å². The van der Waals surface area contributed by atoms with E-state index >= 15 is 0 Å². The first-order valence-corrected chi connectivity index (χ1v) is 9.15. The van der Waals surface area contributed by atoms with Crippen molar-refractivity contribution in [1.29, 1.82) is 0 Å². The topological polar surface area (TPSA) is 122 Å². The van der Waals surface area contributed by atoms with Crippen molar-refractivity contribution in [2.24, 2.45) is 0 Å². The number of carbonyl (C=O) groups is 1. The Hall–Kier alpha value is -3.27. The largest absolute Gasteiger partial charge is 0.461 e. The fourth-order valence-electron chi connectivity index (χ4n) is 2.24. The summed E-state index contributed by atoms with van der Waals surface area (Å²) in [4.78, 5) is 31.5. The van der Waals surface area contributed by atoms with Crippen LogP contribution in [-0.4, -0.2) is 49.8 Å². The van der Waals surface area contributed by atoms with Crippen LogP contribution in [0.4, 0.5) is 8.78 Å². The molecule has 10 nitrogen and oxygen atoms in total. The second kappa shape index (κ2) is 9.04. The van der Waals surface area contributed by atoms with Crippen LogP contribution in [-0.2, 0) is 11.3 Å². The maximum absolute atomic E-state index is 12.8. The maximum atomic E-state index is 12.8. The maximum Gasteiger partial charge on any atom is 0.360 e. The zero-order chi connectivity index (χ0) is 21.7. The van der Waals surface area contributed by atoms with Gasteiger partial charge in [-0.1, -0.05) is 14.4 Å². The average molecular weight is 439 g/mol. The van der Waals surface area contributed by atoms with Crippen molar-refractivity contribution >= 4 is 15.2 Å². The monoisotopic (exact) mass is 439 g/mol. The van der Waals surface area contributed by atoms with Crippen LogP contribution in [0.3, 0.4) is 0 Å². The highest BCUT2D eigenvalue weighted by atomic mass is 31.0. The molecule has 13 heteroatoms. The summed E-state index contributed by atoms with van der Waals surface area (Å²) in [6, 6.07) is 3.88. The summed E-state index contributed by atoms with van der Waals surface area (Å²) in [6.45, 7) is 0.889. The predicted molar refractivity (Wildman–Crippen MR) is 101 cm³/mol. The summed E-state index contributed by atoms with van der Waals surface area (Å²) < 4.78 is 41.4. The molecule has 0 saturated carbocycles. The van der Waals surface area contributed by atoms with Gasteiger partial charge < -0.3 is 14.0 Å². The molecule has 1 atom stereocenters. The Morgan fingerprint density at radius 3 is 2.70 bits per heavy atom. The number of rotatable bonds is 8. The van der Waals surface area contributed by atoms with Gasteiger partial charge in [0, 0.05) is 30.1 Å². The number of hydrogen-bond donors (Lipinski definition) is 0. The van der Waals surface area contributed by atoms with Gasteiger partial charge >= 0.3 is 12.0 Å².